The van der Waals surface area contributed by atoms with E-state index in [4.69, 9.17) is 17.0 Å². The first kappa shape index (κ1) is 20.6. The smallest absolute Gasteiger partial charge is 0.222 e. The maximum atomic E-state index is 5.67. The maximum absolute atomic E-state index is 5.67. The van der Waals surface area contributed by atoms with E-state index < -0.39 is 0 Å². The van der Waals surface area contributed by atoms with Crippen molar-refractivity contribution in [3.05, 3.63) is 57.9 Å². The van der Waals surface area contributed by atoms with Gasteiger partial charge in [0, 0.05) is 31.9 Å². The molecule has 3 aromatic rings. The molecule has 1 fully saturated rings. The molecule has 158 valence electrons. The van der Waals surface area contributed by atoms with Crippen molar-refractivity contribution in [2.24, 2.45) is 0 Å². The molecule has 0 aliphatic carbocycles. The number of nitrogens with zero attached hydrogens (tertiary/aromatic N) is 6. The van der Waals surface area contributed by atoms with E-state index >= 15 is 0 Å². The molecule has 0 bridgehead atoms. The molecule has 0 N–H and O–H groups in total. The van der Waals surface area contributed by atoms with E-state index in [1.165, 1.54) is 16.8 Å². The Morgan fingerprint density at radius 3 is 2.47 bits per heavy atom. The summed E-state index contributed by atoms with van der Waals surface area (Å²) in [4.78, 5) is 4.83. The number of piperazine rings is 1. The van der Waals surface area contributed by atoms with Crippen LogP contribution in [-0.4, -0.2) is 58.0 Å². The Balaban J connectivity index is 1.46. The van der Waals surface area contributed by atoms with Crippen LogP contribution >= 0.6 is 12.2 Å². The second-order valence-electron chi connectivity index (χ2n) is 7.81. The van der Waals surface area contributed by atoms with Gasteiger partial charge < -0.3 is 9.64 Å². The summed E-state index contributed by atoms with van der Waals surface area (Å²) in [6.07, 6.45) is 0. The van der Waals surface area contributed by atoms with E-state index in [2.05, 4.69) is 52.3 Å². The molecule has 1 saturated heterocycles. The van der Waals surface area contributed by atoms with Crippen molar-refractivity contribution in [3.63, 3.8) is 0 Å². The topological polar surface area (TPSA) is 51.4 Å². The molecule has 2 heterocycles. The van der Waals surface area contributed by atoms with Crippen LogP contribution < -0.4 is 9.64 Å². The number of tetrazole rings is 1. The first-order valence-corrected chi connectivity index (χ1v) is 10.6. The van der Waals surface area contributed by atoms with Gasteiger partial charge in [0.2, 0.25) is 4.77 Å². The first-order chi connectivity index (χ1) is 14.5. The highest BCUT2D eigenvalue weighted by atomic mass is 32.1. The van der Waals surface area contributed by atoms with Crippen molar-refractivity contribution in [1.29, 1.82) is 0 Å². The van der Waals surface area contributed by atoms with Gasteiger partial charge >= 0.3 is 0 Å². The van der Waals surface area contributed by atoms with E-state index in [0.717, 1.165) is 43.2 Å². The zero-order valence-corrected chi connectivity index (χ0v) is 18.8. The third-order valence-electron chi connectivity index (χ3n) is 5.82. The fraction of sp³-hybridized carbons (Fsp3) is 0.409. The zero-order chi connectivity index (χ0) is 21.3. The van der Waals surface area contributed by atoms with Crippen molar-refractivity contribution in [3.8, 4) is 11.4 Å². The Kier molecular flexibility index (Phi) is 5.87. The molecule has 0 radical (unpaired) electrons. The van der Waals surface area contributed by atoms with Crippen LogP contribution in [-0.2, 0) is 6.67 Å². The normalized spacial score (nSPS) is 14.9. The van der Waals surface area contributed by atoms with Gasteiger partial charge in [-0.05, 0) is 78.3 Å². The lowest BCUT2D eigenvalue weighted by Gasteiger charge is -2.36. The van der Waals surface area contributed by atoms with Crippen LogP contribution in [0.5, 0.6) is 5.75 Å². The SMILES string of the molecule is COc1ccc(C)cc1-n1nnn(CN2CCN(c3cccc(C)c3C)CC2)c1=S. The summed E-state index contributed by atoms with van der Waals surface area (Å²) in [5.41, 5.74) is 5.97. The Morgan fingerprint density at radius 1 is 0.967 bits per heavy atom. The van der Waals surface area contributed by atoms with Crippen molar-refractivity contribution >= 4 is 17.9 Å². The predicted octanol–water partition coefficient (Wildman–Crippen LogP) is 3.51. The van der Waals surface area contributed by atoms with Gasteiger partial charge in [0.25, 0.3) is 0 Å². The lowest BCUT2D eigenvalue weighted by molar-refractivity contribution is 0.193. The van der Waals surface area contributed by atoms with Crippen molar-refractivity contribution in [2.45, 2.75) is 27.4 Å². The molecule has 0 atom stereocenters. The van der Waals surface area contributed by atoms with E-state index in [1.54, 1.807) is 16.5 Å². The molecule has 0 spiro atoms. The molecule has 30 heavy (non-hydrogen) atoms. The van der Waals surface area contributed by atoms with E-state index in [0.29, 0.717) is 11.4 Å². The van der Waals surface area contributed by atoms with Crippen LogP contribution in [0.25, 0.3) is 5.69 Å². The number of aromatic nitrogens is 4. The molecular weight excluding hydrogens is 396 g/mol. The number of anilines is 1. The fourth-order valence-corrected chi connectivity index (χ4v) is 4.11. The summed E-state index contributed by atoms with van der Waals surface area (Å²) >= 11 is 5.67. The zero-order valence-electron chi connectivity index (χ0n) is 18.0. The van der Waals surface area contributed by atoms with Crippen LogP contribution in [0.4, 0.5) is 5.69 Å². The van der Waals surface area contributed by atoms with Crippen LogP contribution in [0.3, 0.4) is 0 Å². The quantitative estimate of drug-likeness (QED) is 0.584. The molecule has 8 heteroatoms. The number of hydrogen-bond donors (Lipinski definition) is 0. The summed E-state index contributed by atoms with van der Waals surface area (Å²) in [5, 5.41) is 8.60. The number of methoxy groups -OCH3 is 1. The van der Waals surface area contributed by atoms with Gasteiger partial charge in [-0.1, -0.05) is 18.2 Å². The van der Waals surface area contributed by atoms with Gasteiger partial charge in [0.05, 0.1) is 13.8 Å². The Hall–Kier alpha value is -2.71. The third kappa shape index (κ3) is 3.97. The Labute approximate surface area is 182 Å². The molecule has 0 unspecified atom stereocenters. The van der Waals surface area contributed by atoms with Crippen LogP contribution in [0.15, 0.2) is 36.4 Å². The highest BCUT2D eigenvalue weighted by Crippen LogP contribution is 2.25. The van der Waals surface area contributed by atoms with Gasteiger partial charge in [-0.15, -0.1) is 0 Å². The molecule has 0 amide bonds. The molecule has 2 aromatic carbocycles. The lowest BCUT2D eigenvalue weighted by atomic mass is 10.1. The van der Waals surface area contributed by atoms with Crippen molar-refractivity contribution < 1.29 is 4.74 Å². The number of aryl methyl sites for hydroxylation is 2. The summed E-state index contributed by atoms with van der Waals surface area (Å²) < 4.78 is 9.50. The van der Waals surface area contributed by atoms with Gasteiger partial charge in [0.1, 0.15) is 11.4 Å². The first-order valence-electron chi connectivity index (χ1n) is 10.2. The predicted molar refractivity (Wildman–Crippen MR) is 121 cm³/mol. The van der Waals surface area contributed by atoms with Gasteiger partial charge in [-0.25, -0.2) is 4.68 Å². The lowest BCUT2D eigenvalue weighted by Crippen LogP contribution is -2.47. The molecule has 0 saturated carbocycles. The average molecular weight is 425 g/mol. The minimum absolute atomic E-state index is 0.566. The Bertz CT molecular complexity index is 1100. The molecular formula is C22H28N6OS. The highest BCUT2D eigenvalue weighted by Gasteiger charge is 2.20. The Morgan fingerprint density at radius 2 is 1.73 bits per heavy atom. The minimum atomic E-state index is 0.566. The molecule has 1 aliphatic heterocycles. The average Bonchev–Trinajstić information content (AvgIpc) is 3.11. The molecule has 7 nitrogen and oxygen atoms in total. The van der Waals surface area contributed by atoms with Gasteiger partial charge in [0.15, 0.2) is 0 Å². The second kappa shape index (κ2) is 8.57. The van der Waals surface area contributed by atoms with Crippen LogP contribution in [0.2, 0.25) is 0 Å². The summed E-state index contributed by atoms with van der Waals surface area (Å²) in [7, 11) is 1.65. The summed E-state index contributed by atoms with van der Waals surface area (Å²) in [6.45, 7) is 10.9. The number of ether oxygens (including phenoxy) is 1. The minimum Gasteiger partial charge on any atom is -0.494 e. The molecule has 4 rings (SSSR count). The van der Waals surface area contributed by atoms with Crippen LogP contribution in [0.1, 0.15) is 16.7 Å². The second-order valence-corrected chi connectivity index (χ2v) is 8.18. The van der Waals surface area contributed by atoms with Crippen LogP contribution in [0, 0.1) is 25.5 Å². The van der Waals surface area contributed by atoms with Crippen molar-refractivity contribution in [2.75, 3.05) is 38.2 Å². The monoisotopic (exact) mass is 424 g/mol. The van der Waals surface area contributed by atoms with Gasteiger partial charge in [-0.2, -0.15) is 4.68 Å². The van der Waals surface area contributed by atoms with E-state index in [1.807, 2.05) is 25.1 Å². The largest absolute Gasteiger partial charge is 0.494 e. The number of benzene rings is 2. The highest BCUT2D eigenvalue weighted by molar-refractivity contribution is 7.71. The summed E-state index contributed by atoms with van der Waals surface area (Å²) in [5.74, 6) is 0.728. The maximum Gasteiger partial charge on any atom is 0.222 e. The number of hydrogen-bond acceptors (Lipinski definition) is 6. The van der Waals surface area contributed by atoms with Gasteiger partial charge in [-0.3, -0.25) is 4.90 Å². The van der Waals surface area contributed by atoms with Crippen molar-refractivity contribution in [1.82, 2.24) is 24.7 Å². The fourth-order valence-electron chi connectivity index (χ4n) is 3.88. The number of rotatable bonds is 5. The molecule has 1 aromatic heterocycles. The molecule has 1 aliphatic rings. The van der Waals surface area contributed by atoms with E-state index in [9.17, 15) is 0 Å². The standard InChI is InChI=1S/C22H28N6OS/c1-16-8-9-21(29-4)20(14-16)28-22(30)27(23-24-28)15-25-10-12-26(13-11-25)19-7-5-6-17(2)18(19)3/h5-9,14H,10-13,15H2,1-4H3. The van der Waals surface area contributed by atoms with E-state index in [-0.39, 0.29) is 0 Å². The third-order valence-corrected chi connectivity index (χ3v) is 6.21. The summed E-state index contributed by atoms with van der Waals surface area (Å²) in [6, 6.07) is 12.5.